The number of benzene rings is 1. The minimum atomic E-state index is -0.180. The van der Waals surface area contributed by atoms with Gasteiger partial charge >= 0.3 is 6.03 Å². The fraction of sp³-hybridized carbons (Fsp3) is 0.423. The van der Waals surface area contributed by atoms with Gasteiger partial charge in [0.2, 0.25) is 0 Å². The number of amides is 2. The molecule has 0 saturated carbocycles. The van der Waals surface area contributed by atoms with E-state index in [2.05, 4.69) is 47.3 Å². The van der Waals surface area contributed by atoms with Crippen LogP contribution in [-0.4, -0.2) is 28.6 Å². The third-order valence-electron chi connectivity index (χ3n) is 6.45. The number of nitrogens with one attached hydrogen (secondary N) is 1. The number of nitrogens with zero attached hydrogens (tertiary/aromatic N) is 2. The molecule has 5 rings (SSSR count). The quantitative estimate of drug-likeness (QED) is 0.532. The maximum atomic E-state index is 13.5. The number of carbonyl (C=O) groups excluding carboxylic acids is 1. The Morgan fingerprint density at radius 1 is 1.16 bits per heavy atom. The molecule has 0 saturated heterocycles. The Hall–Kier alpha value is -2.73. The number of thiophene rings is 1. The third kappa shape index (κ3) is 3.71. The molecule has 0 radical (unpaired) electrons. The molecule has 168 valence electrons. The second-order valence-corrected chi connectivity index (χ2v) is 9.65. The third-order valence-corrected chi connectivity index (χ3v) is 7.78. The number of ether oxygens (including phenoxy) is 1. The molecule has 6 heteroatoms. The minimum Gasteiger partial charge on any atom is -0.494 e. The van der Waals surface area contributed by atoms with Crippen LogP contribution >= 0.6 is 11.3 Å². The van der Waals surface area contributed by atoms with Gasteiger partial charge in [-0.2, -0.15) is 0 Å². The summed E-state index contributed by atoms with van der Waals surface area (Å²) >= 11 is 1.92. The van der Waals surface area contributed by atoms with Gasteiger partial charge in [0.05, 0.1) is 24.9 Å². The summed E-state index contributed by atoms with van der Waals surface area (Å²) in [4.78, 5) is 17.0. The zero-order valence-corrected chi connectivity index (χ0v) is 19.7. The molecule has 32 heavy (non-hydrogen) atoms. The van der Waals surface area contributed by atoms with Crippen LogP contribution in [-0.2, 0) is 19.4 Å². The second kappa shape index (κ2) is 9.02. The summed E-state index contributed by atoms with van der Waals surface area (Å²) in [6, 6.07) is 12.3. The minimum absolute atomic E-state index is 0.00461. The summed E-state index contributed by atoms with van der Waals surface area (Å²) in [5.74, 6) is 0.841. The summed E-state index contributed by atoms with van der Waals surface area (Å²) in [5, 5.41) is 4.43. The van der Waals surface area contributed by atoms with E-state index < -0.39 is 0 Å². The predicted octanol–water partition coefficient (Wildman–Crippen LogP) is 5.84. The highest BCUT2D eigenvalue weighted by molar-refractivity contribution is 7.15. The van der Waals surface area contributed by atoms with Crippen LogP contribution in [0.3, 0.4) is 0 Å². The lowest BCUT2D eigenvalue weighted by molar-refractivity contribution is 0.180. The van der Waals surface area contributed by atoms with Crippen molar-refractivity contribution in [2.24, 2.45) is 0 Å². The molecule has 0 spiro atoms. The number of rotatable bonds is 5. The van der Waals surface area contributed by atoms with Gasteiger partial charge in [-0.1, -0.05) is 19.1 Å². The molecule has 2 aliphatic rings. The van der Waals surface area contributed by atoms with Crippen LogP contribution in [0.1, 0.15) is 66.4 Å². The maximum Gasteiger partial charge on any atom is 0.318 e. The van der Waals surface area contributed by atoms with Crippen molar-refractivity contribution in [2.45, 2.75) is 58.5 Å². The first-order valence-corrected chi connectivity index (χ1v) is 12.6. The zero-order chi connectivity index (χ0) is 22.1. The number of aromatic nitrogens is 1. The Balaban J connectivity index is 1.66. The molecular formula is C26H31N3O2S. The molecule has 1 aromatic carbocycles. The zero-order valence-electron chi connectivity index (χ0n) is 18.9. The van der Waals surface area contributed by atoms with Crippen molar-refractivity contribution in [1.82, 2.24) is 14.8 Å². The Morgan fingerprint density at radius 3 is 2.88 bits per heavy atom. The van der Waals surface area contributed by atoms with E-state index in [0.717, 1.165) is 36.3 Å². The van der Waals surface area contributed by atoms with Crippen molar-refractivity contribution < 1.29 is 9.53 Å². The number of urea groups is 1. The normalized spacial score (nSPS) is 17.2. The molecule has 0 fully saturated rings. The van der Waals surface area contributed by atoms with Crippen molar-refractivity contribution in [1.29, 1.82) is 0 Å². The molecule has 0 bridgehead atoms. The van der Waals surface area contributed by atoms with Crippen molar-refractivity contribution in [3.63, 3.8) is 0 Å². The average Bonchev–Trinajstić information content (AvgIpc) is 3.40. The largest absolute Gasteiger partial charge is 0.494 e. The number of hydrogen-bond acceptors (Lipinski definition) is 3. The number of carbonyl (C=O) groups is 1. The summed E-state index contributed by atoms with van der Waals surface area (Å²) in [6.45, 7) is 6.01. The number of fused-ring (bicyclic) bond motifs is 5. The molecule has 0 unspecified atom stereocenters. The van der Waals surface area contributed by atoms with Gasteiger partial charge in [0.15, 0.2) is 0 Å². The lowest BCUT2D eigenvalue weighted by Gasteiger charge is -2.31. The van der Waals surface area contributed by atoms with Crippen LogP contribution in [0.15, 0.2) is 42.6 Å². The first kappa shape index (κ1) is 21.1. The molecule has 3 aromatic rings. The van der Waals surface area contributed by atoms with Gasteiger partial charge in [0, 0.05) is 23.2 Å². The summed E-state index contributed by atoms with van der Waals surface area (Å²) in [6.07, 6.45) is 7.84. The van der Waals surface area contributed by atoms with E-state index in [1.165, 1.54) is 33.8 Å². The summed E-state index contributed by atoms with van der Waals surface area (Å²) in [5.41, 5.74) is 5.01. The highest BCUT2D eigenvalue weighted by Gasteiger charge is 2.36. The Morgan fingerprint density at radius 2 is 2.03 bits per heavy atom. The molecule has 1 aliphatic carbocycles. The second-order valence-electron chi connectivity index (χ2n) is 8.57. The van der Waals surface area contributed by atoms with Crippen LogP contribution in [0, 0.1) is 0 Å². The Kier molecular flexibility index (Phi) is 5.96. The number of aryl methyl sites for hydroxylation is 1. The van der Waals surface area contributed by atoms with Gasteiger partial charge in [-0.15, -0.1) is 11.3 Å². The van der Waals surface area contributed by atoms with Crippen molar-refractivity contribution in [3.05, 3.63) is 69.9 Å². The lowest BCUT2D eigenvalue weighted by Crippen LogP contribution is -2.42. The topological polar surface area (TPSA) is 46.5 Å². The molecule has 5 nitrogen and oxygen atoms in total. The Bertz CT molecular complexity index is 1120. The van der Waals surface area contributed by atoms with Crippen LogP contribution in [0.4, 0.5) is 4.79 Å². The molecule has 1 atom stereocenters. The lowest BCUT2D eigenvalue weighted by atomic mass is 9.95. The highest BCUT2D eigenvalue weighted by atomic mass is 32.1. The van der Waals surface area contributed by atoms with Gasteiger partial charge in [0.25, 0.3) is 0 Å². The smallest absolute Gasteiger partial charge is 0.318 e. The van der Waals surface area contributed by atoms with E-state index >= 15 is 0 Å². The SMILES string of the molecule is CCCNC(=O)N1Cc2c(sc3c2CCCC3)-n2cccc2[C@@H]1c1cccc(OCC)c1. The standard InChI is InChI=1S/C26H31N3O2S/c1-3-14-27-26(30)29-17-21-20-11-5-6-13-23(20)32-25(21)28-15-8-12-22(28)24(29)18-9-7-10-19(16-18)31-4-2/h7-10,12,15-16,24H,3-6,11,13-14,17H2,1-2H3,(H,27,30)/t24-/m0/s1. The van der Waals surface area contributed by atoms with Crippen LogP contribution in [0.5, 0.6) is 5.75 Å². The predicted molar refractivity (Wildman–Crippen MR) is 129 cm³/mol. The van der Waals surface area contributed by atoms with Crippen molar-refractivity contribution >= 4 is 17.4 Å². The van der Waals surface area contributed by atoms with Crippen LogP contribution < -0.4 is 10.1 Å². The maximum absolute atomic E-state index is 13.5. The fourth-order valence-electron chi connectivity index (χ4n) is 5.01. The average molecular weight is 450 g/mol. The molecule has 2 amide bonds. The van der Waals surface area contributed by atoms with Gasteiger partial charge in [-0.3, -0.25) is 0 Å². The summed E-state index contributed by atoms with van der Waals surface area (Å²) < 4.78 is 8.12. The van der Waals surface area contributed by atoms with Gasteiger partial charge in [-0.05, 0) is 74.4 Å². The molecule has 1 N–H and O–H groups in total. The van der Waals surface area contributed by atoms with Gasteiger partial charge in [0.1, 0.15) is 10.8 Å². The molecule has 2 aromatic heterocycles. The highest BCUT2D eigenvalue weighted by Crippen LogP contribution is 2.44. The fourth-order valence-corrected chi connectivity index (χ4v) is 6.42. The van der Waals surface area contributed by atoms with Crippen molar-refractivity contribution in [3.8, 4) is 10.8 Å². The van der Waals surface area contributed by atoms with Gasteiger partial charge in [-0.25, -0.2) is 4.79 Å². The van der Waals surface area contributed by atoms with E-state index in [0.29, 0.717) is 19.7 Å². The molecule has 3 heterocycles. The van der Waals surface area contributed by atoms with E-state index in [1.807, 2.05) is 35.3 Å². The van der Waals surface area contributed by atoms with E-state index in [1.54, 1.807) is 0 Å². The molecule has 1 aliphatic heterocycles. The number of hydrogen-bond donors (Lipinski definition) is 1. The van der Waals surface area contributed by atoms with E-state index in [9.17, 15) is 4.79 Å². The van der Waals surface area contributed by atoms with Crippen molar-refractivity contribution in [2.75, 3.05) is 13.2 Å². The van der Waals surface area contributed by atoms with E-state index in [4.69, 9.17) is 4.74 Å². The van der Waals surface area contributed by atoms with Crippen LogP contribution in [0.2, 0.25) is 0 Å². The molecular weight excluding hydrogens is 418 g/mol. The Labute approximate surface area is 194 Å². The first-order chi connectivity index (χ1) is 15.7. The van der Waals surface area contributed by atoms with E-state index in [-0.39, 0.29) is 12.1 Å². The van der Waals surface area contributed by atoms with Crippen LogP contribution in [0.25, 0.3) is 5.00 Å². The summed E-state index contributed by atoms with van der Waals surface area (Å²) in [7, 11) is 0. The monoisotopic (exact) mass is 449 g/mol. The van der Waals surface area contributed by atoms with Gasteiger partial charge < -0.3 is 19.5 Å². The first-order valence-electron chi connectivity index (χ1n) is 11.8.